The third kappa shape index (κ3) is 4.63. The molecule has 0 fully saturated rings. The number of amides is 1. The zero-order valence-electron chi connectivity index (χ0n) is 17.7. The van der Waals surface area contributed by atoms with Gasteiger partial charge in [-0.05, 0) is 36.3 Å². The molecule has 0 aliphatic carbocycles. The summed E-state index contributed by atoms with van der Waals surface area (Å²) in [6.45, 7) is 7.65. The molecular weight excluding hydrogens is 378 g/mol. The molecule has 0 radical (unpaired) electrons. The summed E-state index contributed by atoms with van der Waals surface area (Å²) in [5, 5.41) is 8.32. The first kappa shape index (κ1) is 21.4. The van der Waals surface area contributed by atoms with Gasteiger partial charge < -0.3 is 15.5 Å². The molecule has 0 aliphatic rings. The number of nitrogens with one attached hydrogen (secondary N) is 2. The molecule has 0 bridgehead atoms. The quantitative estimate of drug-likeness (QED) is 0.393. The normalized spacial score (nSPS) is 11.1. The number of ether oxygens (including phenoxy) is 1. The Bertz CT molecular complexity index is 1040. The Morgan fingerprint density at radius 3 is 2.47 bits per heavy atom. The van der Waals surface area contributed by atoms with Crippen LogP contribution >= 0.6 is 0 Å². The predicted molar refractivity (Wildman–Crippen MR) is 120 cm³/mol. The number of para-hydroxylation sites is 1. The number of nitrogens with two attached hydrogens (primary N) is 1. The van der Waals surface area contributed by atoms with E-state index in [1.54, 1.807) is 6.07 Å². The van der Waals surface area contributed by atoms with Crippen LogP contribution in [0.3, 0.4) is 0 Å². The molecule has 1 heterocycles. The van der Waals surface area contributed by atoms with Gasteiger partial charge in [0.05, 0.1) is 5.52 Å². The first-order valence-corrected chi connectivity index (χ1v) is 10.1. The minimum atomic E-state index is -0.366. The molecule has 2 aromatic carbocycles. The van der Waals surface area contributed by atoms with Crippen LogP contribution in [0.4, 0.5) is 0 Å². The van der Waals surface area contributed by atoms with Crippen molar-refractivity contribution in [3.05, 3.63) is 65.4 Å². The van der Waals surface area contributed by atoms with Crippen molar-refractivity contribution in [2.45, 2.75) is 27.0 Å². The highest BCUT2D eigenvalue weighted by Gasteiger charge is 2.18. The molecular formula is C23H29N5O2. The van der Waals surface area contributed by atoms with Crippen molar-refractivity contribution in [3.8, 4) is 5.75 Å². The van der Waals surface area contributed by atoms with Gasteiger partial charge in [-0.15, -0.1) is 0 Å². The van der Waals surface area contributed by atoms with E-state index in [1.165, 1.54) is 12.6 Å². The largest absolute Gasteiger partial charge is 0.487 e. The van der Waals surface area contributed by atoms with E-state index in [9.17, 15) is 4.79 Å². The lowest BCUT2D eigenvalue weighted by atomic mass is 10.1. The zero-order chi connectivity index (χ0) is 21.7. The van der Waals surface area contributed by atoms with Gasteiger partial charge in [0.2, 0.25) is 0 Å². The van der Waals surface area contributed by atoms with Gasteiger partial charge >= 0.3 is 0 Å². The molecule has 1 aromatic heterocycles. The fraction of sp³-hybridized carbons (Fsp3) is 0.304. The molecule has 7 heteroatoms. The summed E-state index contributed by atoms with van der Waals surface area (Å²) >= 11 is 0. The van der Waals surface area contributed by atoms with Gasteiger partial charge in [-0.25, -0.2) is 0 Å². The third-order valence-corrected chi connectivity index (χ3v) is 5.30. The molecule has 0 saturated heterocycles. The lowest BCUT2D eigenvalue weighted by Crippen LogP contribution is -2.38. The molecule has 1 amide bonds. The summed E-state index contributed by atoms with van der Waals surface area (Å²) in [6, 6.07) is 15.7. The Morgan fingerprint density at radius 2 is 1.80 bits per heavy atom. The van der Waals surface area contributed by atoms with Gasteiger partial charge in [0.25, 0.3) is 5.91 Å². The van der Waals surface area contributed by atoms with E-state index in [1.807, 2.05) is 24.3 Å². The number of rotatable bonds is 8. The number of carbonyl (C=O) groups is 1. The third-order valence-electron chi connectivity index (χ3n) is 5.30. The molecule has 0 unspecified atom stereocenters. The monoisotopic (exact) mass is 407 g/mol. The summed E-state index contributed by atoms with van der Waals surface area (Å²) in [4.78, 5) is 19.1. The average Bonchev–Trinajstić information content (AvgIpc) is 3.20. The highest BCUT2D eigenvalue weighted by molar-refractivity contribution is 6.06. The number of guanidine groups is 1. The maximum absolute atomic E-state index is 12.5. The van der Waals surface area contributed by atoms with Crippen LogP contribution in [0.5, 0.6) is 5.75 Å². The number of fused-ring (bicyclic) bond motifs is 1. The summed E-state index contributed by atoms with van der Waals surface area (Å²) in [7, 11) is 1.47. The van der Waals surface area contributed by atoms with Crippen LogP contribution in [0.25, 0.3) is 10.9 Å². The van der Waals surface area contributed by atoms with Gasteiger partial charge in [0.15, 0.2) is 5.96 Å². The van der Waals surface area contributed by atoms with E-state index in [0.717, 1.165) is 41.0 Å². The molecule has 3 rings (SSSR count). The number of nitrogens with zero attached hydrogens (tertiary/aromatic N) is 2. The number of aromatic nitrogens is 1. The first-order valence-electron chi connectivity index (χ1n) is 10.1. The standard InChI is InChI=1S/C23H29N5O2/c1-4-28(5-2)14-17-9-6-7-10-18(17)15-30-20-12-8-11-16-13-19(26-21(16)20)22(29)27(3)23(24)25/h6-13,26H,4-5,14-15H2,1-3H3,(H3,24,25). The Morgan fingerprint density at radius 1 is 1.10 bits per heavy atom. The van der Waals surface area contributed by atoms with E-state index in [4.69, 9.17) is 15.9 Å². The second kappa shape index (κ2) is 9.45. The van der Waals surface area contributed by atoms with Crippen molar-refractivity contribution in [3.63, 3.8) is 0 Å². The van der Waals surface area contributed by atoms with Gasteiger partial charge in [0.1, 0.15) is 18.1 Å². The smallest absolute Gasteiger partial charge is 0.276 e. The lowest BCUT2D eigenvalue weighted by Gasteiger charge is -2.20. The average molecular weight is 408 g/mol. The molecule has 0 atom stereocenters. The van der Waals surface area contributed by atoms with E-state index in [-0.39, 0.29) is 11.9 Å². The van der Waals surface area contributed by atoms with E-state index < -0.39 is 0 Å². The predicted octanol–water partition coefficient (Wildman–Crippen LogP) is 3.55. The van der Waals surface area contributed by atoms with Crippen molar-refractivity contribution < 1.29 is 9.53 Å². The van der Waals surface area contributed by atoms with Crippen molar-refractivity contribution in [2.75, 3.05) is 20.1 Å². The molecule has 4 N–H and O–H groups in total. The van der Waals surface area contributed by atoms with Crippen LogP contribution in [-0.2, 0) is 13.2 Å². The summed E-state index contributed by atoms with van der Waals surface area (Å²) in [5.74, 6) is 0.00354. The van der Waals surface area contributed by atoms with Crippen molar-refractivity contribution in [1.29, 1.82) is 5.41 Å². The maximum atomic E-state index is 12.5. The Balaban J connectivity index is 1.82. The second-order valence-corrected chi connectivity index (χ2v) is 7.17. The minimum Gasteiger partial charge on any atom is -0.487 e. The number of benzene rings is 2. The SMILES string of the molecule is CCN(CC)Cc1ccccc1COc1cccc2cc(C(=O)N(C)C(=N)N)[nH]c12. The zero-order valence-corrected chi connectivity index (χ0v) is 17.7. The Hall–Kier alpha value is -3.32. The molecule has 158 valence electrons. The Labute approximate surface area is 176 Å². The van der Waals surface area contributed by atoms with Crippen LogP contribution in [-0.4, -0.2) is 46.8 Å². The van der Waals surface area contributed by atoms with Crippen LogP contribution in [0.2, 0.25) is 0 Å². The molecule has 3 aromatic rings. The van der Waals surface area contributed by atoms with Crippen LogP contribution < -0.4 is 10.5 Å². The first-order chi connectivity index (χ1) is 14.4. The van der Waals surface area contributed by atoms with Gasteiger partial charge in [0, 0.05) is 19.0 Å². The van der Waals surface area contributed by atoms with Gasteiger partial charge in [-0.2, -0.15) is 0 Å². The van der Waals surface area contributed by atoms with E-state index >= 15 is 0 Å². The lowest BCUT2D eigenvalue weighted by molar-refractivity contribution is 0.0864. The number of carbonyl (C=O) groups excluding carboxylic acids is 1. The topological polar surface area (TPSA) is 98.4 Å². The number of H-pyrrole nitrogens is 1. The van der Waals surface area contributed by atoms with E-state index in [2.05, 4.69) is 41.9 Å². The number of hydrogen-bond donors (Lipinski definition) is 3. The molecule has 0 saturated carbocycles. The Kier molecular flexibility index (Phi) is 6.74. The molecule has 0 spiro atoms. The highest BCUT2D eigenvalue weighted by atomic mass is 16.5. The fourth-order valence-corrected chi connectivity index (χ4v) is 3.35. The molecule has 7 nitrogen and oxygen atoms in total. The van der Waals surface area contributed by atoms with E-state index in [0.29, 0.717) is 18.1 Å². The fourth-order valence-electron chi connectivity index (χ4n) is 3.35. The molecule has 0 aliphatic heterocycles. The van der Waals surface area contributed by atoms with Crippen LogP contribution in [0, 0.1) is 5.41 Å². The van der Waals surface area contributed by atoms with Crippen molar-refractivity contribution in [1.82, 2.24) is 14.8 Å². The number of aromatic amines is 1. The van der Waals surface area contributed by atoms with Crippen molar-refractivity contribution in [2.24, 2.45) is 5.73 Å². The molecule has 30 heavy (non-hydrogen) atoms. The summed E-state index contributed by atoms with van der Waals surface area (Å²) < 4.78 is 6.15. The minimum absolute atomic E-state index is 0.306. The van der Waals surface area contributed by atoms with Crippen molar-refractivity contribution >= 4 is 22.8 Å². The second-order valence-electron chi connectivity index (χ2n) is 7.17. The summed E-state index contributed by atoms with van der Waals surface area (Å²) in [5.41, 5.74) is 8.92. The summed E-state index contributed by atoms with van der Waals surface area (Å²) in [6.07, 6.45) is 0. The maximum Gasteiger partial charge on any atom is 0.276 e. The van der Waals surface area contributed by atoms with Crippen LogP contribution in [0.1, 0.15) is 35.5 Å². The van der Waals surface area contributed by atoms with Gasteiger partial charge in [-0.3, -0.25) is 20.0 Å². The highest BCUT2D eigenvalue weighted by Crippen LogP contribution is 2.27. The number of hydrogen-bond acceptors (Lipinski definition) is 4. The van der Waals surface area contributed by atoms with Crippen LogP contribution in [0.15, 0.2) is 48.5 Å². The van der Waals surface area contributed by atoms with Gasteiger partial charge in [-0.1, -0.05) is 50.2 Å².